The second-order valence-corrected chi connectivity index (χ2v) is 25.9. The minimum absolute atomic E-state index is 0. The van der Waals surface area contributed by atoms with E-state index in [1.165, 1.54) is 56.3 Å². The van der Waals surface area contributed by atoms with Crippen LogP contribution in [0.3, 0.4) is 0 Å². The van der Waals surface area contributed by atoms with Crippen LogP contribution < -0.4 is 0 Å². The van der Waals surface area contributed by atoms with E-state index in [0.717, 1.165) is 22.1 Å². The van der Waals surface area contributed by atoms with Gasteiger partial charge in [-0.25, -0.2) is 24.9 Å². The van der Waals surface area contributed by atoms with Gasteiger partial charge in [-0.05, 0) is 92.4 Å². The largest absolute Gasteiger partial charge is 0.245 e. The third-order valence-electron chi connectivity index (χ3n) is 10.7. The van der Waals surface area contributed by atoms with Gasteiger partial charge in [0, 0.05) is 5.41 Å². The number of hydrogen-bond acceptors (Lipinski definition) is 10. The molecule has 0 aliphatic heterocycles. The van der Waals surface area contributed by atoms with Gasteiger partial charge in [-0.15, -0.1) is 56.7 Å². The molecule has 0 unspecified atom stereocenters. The highest BCUT2D eigenvalue weighted by Crippen LogP contribution is 2.34. The minimum atomic E-state index is 0. The lowest BCUT2D eigenvalue weighted by Crippen LogP contribution is -2.11. The monoisotopic (exact) mass is 987 g/mol. The van der Waals surface area contributed by atoms with Gasteiger partial charge in [0.15, 0.2) is 0 Å². The van der Waals surface area contributed by atoms with Crippen molar-refractivity contribution in [2.24, 2.45) is 0 Å². The molecule has 0 radical (unpaired) electrons. The number of nitrogens with zero attached hydrogens (tertiary/aromatic N) is 5. The van der Waals surface area contributed by atoms with Crippen molar-refractivity contribution in [3.63, 3.8) is 0 Å². The van der Waals surface area contributed by atoms with Crippen LogP contribution in [0.4, 0.5) is 0 Å². The first-order valence-electron chi connectivity index (χ1n) is 22.1. The van der Waals surface area contributed by atoms with Crippen LogP contribution in [0.2, 0.25) is 0 Å². The molecule has 0 aliphatic rings. The zero-order valence-electron chi connectivity index (χ0n) is 40.8. The quantitative estimate of drug-likeness (QED) is 0.151. The van der Waals surface area contributed by atoms with Crippen molar-refractivity contribution in [2.75, 3.05) is 0 Å². The van der Waals surface area contributed by atoms with E-state index < -0.39 is 0 Å². The Morgan fingerprint density at radius 2 is 0.866 bits per heavy atom. The molecule has 0 atom stereocenters. The Balaban J connectivity index is 0.000000181. The fourth-order valence-corrected chi connectivity index (χ4v) is 10.9. The number of benzene rings is 5. The number of aromatic nitrogens is 5. The van der Waals surface area contributed by atoms with E-state index in [1.807, 2.05) is 28.1 Å². The lowest BCUT2D eigenvalue weighted by Gasteiger charge is -2.19. The van der Waals surface area contributed by atoms with Crippen LogP contribution in [0.15, 0.2) is 119 Å². The van der Waals surface area contributed by atoms with E-state index in [0.29, 0.717) is 0 Å². The second-order valence-electron chi connectivity index (χ2n) is 21.3. The van der Waals surface area contributed by atoms with Crippen molar-refractivity contribution >= 4 is 108 Å². The first-order valence-corrected chi connectivity index (χ1v) is 26.4. The van der Waals surface area contributed by atoms with Gasteiger partial charge in [0.1, 0.15) is 0 Å². The lowest BCUT2D eigenvalue weighted by atomic mass is 9.86. The molecule has 0 amide bonds. The van der Waals surface area contributed by atoms with E-state index in [9.17, 15) is 0 Å². The fraction of sp³-hybridized carbons (Fsp3) is 0.386. The molecule has 0 saturated heterocycles. The minimum Gasteiger partial charge on any atom is -0.245 e. The maximum Gasteiger partial charge on any atom is 0.0992 e. The highest BCUT2D eigenvalue weighted by atomic mass is 32.1. The molecule has 0 aliphatic carbocycles. The molecule has 0 N–H and O–H groups in total. The zero-order valence-corrected chi connectivity index (χ0v) is 44.9. The summed E-state index contributed by atoms with van der Waals surface area (Å²) in [5.41, 5.74) is 19.8. The summed E-state index contributed by atoms with van der Waals surface area (Å²) in [6.07, 6.45) is 0. The third kappa shape index (κ3) is 14.5. The van der Waals surface area contributed by atoms with Crippen LogP contribution >= 0.6 is 56.7 Å². The summed E-state index contributed by atoms with van der Waals surface area (Å²) < 4.78 is 6.45. The Labute approximate surface area is 421 Å². The van der Waals surface area contributed by atoms with Crippen molar-refractivity contribution in [2.45, 2.75) is 146 Å². The molecule has 10 heteroatoms. The summed E-state index contributed by atoms with van der Waals surface area (Å²) in [5, 5.41) is 1.22. The van der Waals surface area contributed by atoms with E-state index in [1.54, 1.807) is 56.7 Å². The van der Waals surface area contributed by atoms with Gasteiger partial charge in [-0.1, -0.05) is 167 Å². The third-order valence-corrected chi connectivity index (χ3v) is 15.4. The smallest absolute Gasteiger partial charge is 0.0992 e. The summed E-state index contributed by atoms with van der Waals surface area (Å²) >= 11 is 8.63. The first-order chi connectivity index (χ1) is 30.4. The summed E-state index contributed by atoms with van der Waals surface area (Å²) in [6.45, 7) is 33.3. The standard InChI is InChI=1S/5C11H13NS.2CH4/c1-11(2,3)8-4-5-10-9(6-8)12-7-13-10;1-11(2,3)8-4-5-9-10(6-8)13-7-12-9;1-11(2,3)8-5-4-6-9-10(8)12-7-13-9;1-11(2,3)8-5-4-6-9-10(8)13-7-12-9;1-11(2,3)10-12-8-6-4-5-7-9(8)13-10;;/h5*4-7H,1-3H3;2*1H4. The maximum absolute atomic E-state index is 4.60. The van der Waals surface area contributed by atoms with E-state index in [2.05, 4.69) is 220 Å². The summed E-state index contributed by atoms with van der Waals surface area (Å²) in [5.74, 6) is 0. The number of para-hydroxylation sites is 2. The molecule has 10 rings (SSSR count). The van der Waals surface area contributed by atoms with Gasteiger partial charge in [-0.3, -0.25) is 0 Å². The fourth-order valence-electron chi connectivity index (χ4n) is 6.81. The Kier molecular flexibility index (Phi) is 18.4. The Morgan fingerprint density at radius 3 is 1.51 bits per heavy atom. The van der Waals surface area contributed by atoms with E-state index in [4.69, 9.17) is 0 Å². The predicted molar refractivity (Wildman–Crippen MR) is 305 cm³/mol. The molecule has 5 aromatic heterocycles. The number of rotatable bonds is 0. The average molecular weight is 989 g/mol. The van der Waals surface area contributed by atoms with Gasteiger partial charge in [0.05, 0.1) is 78.1 Å². The molecular formula is C57H73N5S5. The summed E-state index contributed by atoms with van der Waals surface area (Å²) in [6, 6.07) is 34.1. The molecule has 356 valence electrons. The average Bonchev–Trinajstić information content (AvgIpc) is 4.08. The van der Waals surface area contributed by atoms with Crippen molar-refractivity contribution in [1.82, 2.24) is 24.9 Å². The first kappa shape index (κ1) is 55.1. The van der Waals surface area contributed by atoms with Crippen LogP contribution in [0.5, 0.6) is 0 Å². The maximum atomic E-state index is 4.60. The molecule has 67 heavy (non-hydrogen) atoms. The van der Waals surface area contributed by atoms with Crippen molar-refractivity contribution in [1.29, 1.82) is 0 Å². The Bertz CT molecular complexity index is 2870. The van der Waals surface area contributed by atoms with Crippen LogP contribution in [-0.2, 0) is 27.1 Å². The van der Waals surface area contributed by atoms with Crippen molar-refractivity contribution < 1.29 is 0 Å². The SMILES string of the molecule is C.C.CC(C)(C)c1ccc2ncsc2c1.CC(C)(C)c1ccc2scnc2c1.CC(C)(C)c1cccc2ncsc12.CC(C)(C)c1cccc2scnc12.CC(C)(C)c1nc2ccccc2s1. The Hall–Kier alpha value is -4.45. The highest BCUT2D eigenvalue weighted by molar-refractivity contribution is 7.19. The van der Waals surface area contributed by atoms with Crippen LogP contribution in [0.1, 0.15) is 146 Å². The molecule has 0 fully saturated rings. The summed E-state index contributed by atoms with van der Waals surface area (Å²) in [4.78, 5) is 21.9. The number of fused-ring (bicyclic) bond motifs is 5. The van der Waals surface area contributed by atoms with E-state index >= 15 is 0 Å². The summed E-state index contributed by atoms with van der Waals surface area (Å²) in [7, 11) is 0. The molecule has 0 spiro atoms. The van der Waals surface area contributed by atoms with Gasteiger partial charge >= 0.3 is 0 Å². The van der Waals surface area contributed by atoms with Crippen molar-refractivity contribution in [3.8, 4) is 0 Å². The van der Waals surface area contributed by atoms with Crippen molar-refractivity contribution in [3.05, 3.63) is 146 Å². The molecule has 5 aromatic carbocycles. The highest BCUT2D eigenvalue weighted by Gasteiger charge is 2.20. The predicted octanol–water partition coefficient (Wildman–Crippen LogP) is 19.2. The zero-order chi connectivity index (χ0) is 47.4. The molecule has 5 heterocycles. The van der Waals surface area contributed by atoms with Gasteiger partial charge in [0.25, 0.3) is 0 Å². The molecular weight excluding hydrogens is 915 g/mol. The van der Waals surface area contributed by atoms with Gasteiger partial charge < -0.3 is 0 Å². The molecule has 0 bridgehead atoms. The topological polar surface area (TPSA) is 64.5 Å². The molecule has 0 saturated carbocycles. The molecule has 5 nitrogen and oxygen atoms in total. The molecule has 10 aromatic rings. The normalized spacial score (nSPS) is 11.9. The number of hydrogen-bond donors (Lipinski definition) is 0. The van der Waals surface area contributed by atoms with Crippen LogP contribution in [-0.4, -0.2) is 24.9 Å². The Morgan fingerprint density at radius 1 is 0.358 bits per heavy atom. The second kappa shape index (κ2) is 22.3. The van der Waals surface area contributed by atoms with Crippen LogP contribution in [0.25, 0.3) is 51.1 Å². The van der Waals surface area contributed by atoms with Gasteiger partial charge in [-0.2, -0.15) is 0 Å². The number of thiazole rings is 5. The van der Waals surface area contributed by atoms with Gasteiger partial charge in [0.2, 0.25) is 0 Å². The van der Waals surface area contributed by atoms with Crippen LogP contribution in [0, 0.1) is 0 Å². The lowest BCUT2D eigenvalue weighted by molar-refractivity contribution is 0.587. The van der Waals surface area contributed by atoms with E-state index in [-0.39, 0.29) is 41.9 Å².